The number of anilines is 1. The number of aryl methyl sites for hydroxylation is 2. The zero-order chi connectivity index (χ0) is 15.2. The average Bonchev–Trinajstić information content (AvgIpc) is 3.17. The minimum atomic E-state index is 0.592. The van der Waals surface area contributed by atoms with Gasteiger partial charge in [-0.25, -0.2) is 14.6 Å². The molecule has 0 spiro atoms. The largest absolute Gasteiger partial charge is 0.478 e. The number of ether oxygens (including phenoxy) is 1. The summed E-state index contributed by atoms with van der Waals surface area (Å²) < 4.78 is 7.59. The summed E-state index contributed by atoms with van der Waals surface area (Å²) in [5.74, 6) is 3.55. The molecule has 0 unspecified atom stereocenters. The van der Waals surface area contributed by atoms with E-state index in [0.717, 1.165) is 55.6 Å². The molecule has 5 rings (SSSR count). The molecule has 23 heavy (non-hydrogen) atoms. The molecule has 1 N–H and O–H groups in total. The van der Waals surface area contributed by atoms with Gasteiger partial charge in [0.25, 0.3) is 0 Å². The van der Waals surface area contributed by atoms with Crippen molar-refractivity contribution >= 4 is 5.82 Å². The van der Waals surface area contributed by atoms with Gasteiger partial charge >= 0.3 is 0 Å². The van der Waals surface area contributed by atoms with Crippen LogP contribution in [0.5, 0.6) is 5.88 Å². The molecule has 2 aromatic rings. The van der Waals surface area contributed by atoms with Gasteiger partial charge in [-0.3, -0.25) is 0 Å². The first-order valence-electron chi connectivity index (χ1n) is 8.70. The third kappa shape index (κ3) is 2.46. The second kappa shape index (κ2) is 5.22. The van der Waals surface area contributed by atoms with Crippen LogP contribution in [0, 0.1) is 0 Å². The summed E-state index contributed by atoms with van der Waals surface area (Å²) in [7, 11) is 0. The maximum Gasteiger partial charge on any atom is 0.212 e. The van der Waals surface area contributed by atoms with Crippen LogP contribution in [-0.2, 0) is 25.9 Å². The Hall–Kier alpha value is -2.11. The van der Waals surface area contributed by atoms with Crippen LogP contribution in [0.3, 0.4) is 0 Å². The molecule has 3 heterocycles. The molecule has 0 atom stereocenters. The fourth-order valence-electron chi connectivity index (χ4n) is 3.50. The number of fused-ring (bicyclic) bond motifs is 2. The lowest BCUT2D eigenvalue weighted by Crippen LogP contribution is -2.14. The quantitative estimate of drug-likeness (QED) is 0.939. The molecule has 0 saturated heterocycles. The standard InChI is InChI=1S/C17H21N5O/c1-3-13-14(4-1)19-16(11-5-6-11)20-17(13)18-10-12-9-15-22(21-12)7-2-8-23-15/h9,11H,1-8,10H2,(H,18,19,20). The first-order chi connectivity index (χ1) is 11.4. The minimum absolute atomic E-state index is 0.592. The maximum atomic E-state index is 5.64. The molecule has 0 amide bonds. The van der Waals surface area contributed by atoms with E-state index in [-0.39, 0.29) is 0 Å². The molecule has 1 fully saturated rings. The van der Waals surface area contributed by atoms with Gasteiger partial charge in [0.1, 0.15) is 11.6 Å². The van der Waals surface area contributed by atoms with Crippen molar-refractivity contribution in [1.29, 1.82) is 0 Å². The van der Waals surface area contributed by atoms with E-state index in [9.17, 15) is 0 Å². The molecular weight excluding hydrogens is 290 g/mol. The molecule has 3 aliphatic rings. The van der Waals surface area contributed by atoms with Gasteiger partial charge in [-0.15, -0.1) is 0 Å². The highest BCUT2D eigenvalue weighted by Crippen LogP contribution is 2.40. The van der Waals surface area contributed by atoms with Crippen molar-refractivity contribution < 1.29 is 4.74 Å². The van der Waals surface area contributed by atoms with Gasteiger partial charge in [0, 0.05) is 36.2 Å². The number of rotatable bonds is 4. The Bertz CT molecular complexity index is 726. The molecule has 120 valence electrons. The van der Waals surface area contributed by atoms with Crippen LogP contribution in [-0.4, -0.2) is 26.4 Å². The van der Waals surface area contributed by atoms with E-state index >= 15 is 0 Å². The number of aromatic nitrogens is 4. The summed E-state index contributed by atoms with van der Waals surface area (Å²) >= 11 is 0. The Balaban J connectivity index is 1.38. The Morgan fingerprint density at radius 1 is 1.22 bits per heavy atom. The van der Waals surface area contributed by atoms with Gasteiger partial charge in [-0.1, -0.05) is 0 Å². The minimum Gasteiger partial charge on any atom is -0.478 e. The fraction of sp³-hybridized carbons (Fsp3) is 0.588. The Morgan fingerprint density at radius 2 is 2.17 bits per heavy atom. The second-order valence-corrected chi connectivity index (χ2v) is 6.74. The highest BCUT2D eigenvalue weighted by molar-refractivity contribution is 5.49. The predicted molar refractivity (Wildman–Crippen MR) is 85.7 cm³/mol. The van der Waals surface area contributed by atoms with Crippen LogP contribution >= 0.6 is 0 Å². The third-order valence-electron chi connectivity index (χ3n) is 4.89. The molecule has 0 radical (unpaired) electrons. The van der Waals surface area contributed by atoms with Crippen LogP contribution in [0.15, 0.2) is 6.07 Å². The van der Waals surface area contributed by atoms with Crippen LogP contribution in [0.4, 0.5) is 5.82 Å². The van der Waals surface area contributed by atoms with Crippen molar-refractivity contribution in [2.45, 2.75) is 57.5 Å². The van der Waals surface area contributed by atoms with Crippen LogP contribution in [0.1, 0.15) is 54.4 Å². The molecule has 6 heteroatoms. The van der Waals surface area contributed by atoms with Crippen molar-refractivity contribution in [2.75, 3.05) is 11.9 Å². The Morgan fingerprint density at radius 3 is 3.04 bits per heavy atom. The Labute approximate surface area is 135 Å². The average molecular weight is 311 g/mol. The molecule has 2 aliphatic carbocycles. The van der Waals surface area contributed by atoms with Gasteiger partial charge in [0.2, 0.25) is 5.88 Å². The summed E-state index contributed by atoms with van der Waals surface area (Å²) in [5.41, 5.74) is 3.59. The van der Waals surface area contributed by atoms with Gasteiger partial charge in [-0.05, 0) is 32.1 Å². The summed E-state index contributed by atoms with van der Waals surface area (Å²) in [6.45, 7) is 2.43. The van der Waals surface area contributed by atoms with Crippen molar-refractivity contribution in [2.24, 2.45) is 0 Å². The van der Waals surface area contributed by atoms with E-state index < -0.39 is 0 Å². The zero-order valence-electron chi connectivity index (χ0n) is 13.2. The summed E-state index contributed by atoms with van der Waals surface area (Å²) in [6.07, 6.45) is 6.89. The lowest BCUT2D eigenvalue weighted by atomic mass is 10.2. The lowest BCUT2D eigenvalue weighted by molar-refractivity contribution is 0.230. The van der Waals surface area contributed by atoms with Crippen molar-refractivity contribution in [3.63, 3.8) is 0 Å². The smallest absolute Gasteiger partial charge is 0.212 e. The topological polar surface area (TPSA) is 64.9 Å². The molecule has 1 saturated carbocycles. The van der Waals surface area contributed by atoms with Gasteiger partial charge in [0.15, 0.2) is 0 Å². The highest BCUT2D eigenvalue weighted by atomic mass is 16.5. The van der Waals surface area contributed by atoms with E-state index in [2.05, 4.69) is 10.4 Å². The number of hydrogen-bond donors (Lipinski definition) is 1. The summed E-state index contributed by atoms with van der Waals surface area (Å²) in [5, 5.41) is 8.13. The van der Waals surface area contributed by atoms with Crippen molar-refractivity contribution in [3.8, 4) is 5.88 Å². The van der Waals surface area contributed by atoms with Gasteiger partial charge < -0.3 is 10.1 Å². The Kier molecular flexibility index (Phi) is 3.02. The predicted octanol–water partition coefficient (Wildman–Crippen LogP) is 2.43. The third-order valence-corrected chi connectivity index (χ3v) is 4.89. The van der Waals surface area contributed by atoms with E-state index in [1.54, 1.807) is 0 Å². The van der Waals surface area contributed by atoms with Gasteiger partial charge in [-0.2, -0.15) is 5.10 Å². The molecule has 0 aromatic carbocycles. The summed E-state index contributed by atoms with van der Waals surface area (Å²) in [4.78, 5) is 9.61. The second-order valence-electron chi connectivity index (χ2n) is 6.74. The van der Waals surface area contributed by atoms with Crippen LogP contribution in [0.2, 0.25) is 0 Å². The van der Waals surface area contributed by atoms with Crippen LogP contribution < -0.4 is 10.1 Å². The van der Waals surface area contributed by atoms with Crippen molar-refractivity contribution in [3.05, 3.63) is 28.8 Å². The van der Waals surface area contributed by atoms with Crippen LogP contribution in [0.25, 0.3) is 0 Å². The summed E-state index contributed by atoms with van der Waals surface area (Å²) in [6, 6.07) is 2.04. The van der Waals surface area contributed by atoms with Crippen molar-refractivity contribution in [1.82, 2.24) is 19.7 Å². The lowest BCUT2D eigenvalue weighted by Gasteiger charge is -2.13. The monoisotopic (exact) mass is 311 g/mol. The van der Waals surface area contributed by atoms with Gasteiger partial charge in [0.05, 0.1) is 18.8 Å². The van der Waals surface area contributed by atoms with E-state index in [1.807, 2.05) is 10.7 Å². The van der Waals surface area contributed by atoms with E-state index in [1.165, 1.54) is 30.5 Å². The zero-order valence-corrected chi connectivity index (χ0v) is 13.2. The molecule has 2 aromatic heterocycles. The SMILES string of the molecule is c1c(CNc2nc(C3CC3)nc3c2CCC3)nn2c1OCCC2. The first-order valence-corrected chi connectivity index (χ1v) is 8.70. The molecule has 6 nitrogen and oxygen atoms in total. The normalized spacial score (nSPS) is 19.1. The van der Waals surface area contributed by atoms with E-state index in [0.29, 0.717) is 12.5 Å². The maximum absolute atomic E-state index is 5.64. The molecule has 0 bridgehead atoms. The number of hydrogen-bond acceptors (Lipinski definition) is 5. The number of nitrogens with zero attached hydrogens (tertiary/aromatic N) is 4. The number of nitrogens with one attached hydrogen (secondary N) is 1. The highest BCUT2D eigenvalue weighted by Gasteiger charge is 2.29. The molecular formula is C17H21N5O. The fourth-order valence-corrected chi connectivity index (χ4v) is 3.50. The molecule has 1 aliphatic heterocycles. The first kappa shape index (κ1) is 13.3. The van der Waals surface area contributed by atoms with E-state index in [4.69, 9.17) is 14.7 Å².